The van der Waals surface area contributed by atoms with Gasteiger partial charge in [-0.15, -0.1) is 0 Å². The van der Waals surface area contributed by atoms with Gasteiger partial charge >= 0.3 is 0 Å². The van der Waals surface area contributed by atoms with Crippen LogP contribution in [0.4, 0.5) is 0 Å². The molecule has 4 fully saturated rings. The van der Waals surface area contributed by atoms with Gasteiger partial charge in [0.05, 0.1) is 12.2 Å². The van der Waals surface area contributed by atoms with Crippen LogP contribution in [-0.2, 0) is 4.43 Å². The Balaban J connectivity index is 1.50. The Morgan fingerprint density at radius 3 is 2.30 bits per heavy atom. The molecule has 2 nitrogen and oxygen atoms in total. The summed E-state index contributed by atoms with van der Waals surface area (Å²) in [7, 11) is -1.70. The van der Waals surface area contributed by atoms with Crippen molar-refractivity contribution in [2.45, 2.75) is 116 Å². The molecule has 27 heavy (non-hydrogen) atoms. The maximum atomic E-state index is 10.1. The Kier molecular flexibility index (Phi) is 5.17. The molecule has 156 valence electrons. The molecule has 3 heteroatoms. The minimum Gasteiger partial charge on any atom is -0.413 e. The SMILES string of the molecule is CC(C)(C)[Si](C)(C)O[C@H]1CC[C@H]2[C@@H]3CC[C@H]4C[C@@H](O)CC[C@@H]4[C@H]3CC[C@]12C. The van der Waals surface area contributed by atoms with Gasteiger partial charge in [0.25, 0.3) is 0 Å². The third-order valence-corrected chi connectivity index (χ3v) is 14.6. The lowest BCUT2D eigenvalue weighted by molar-refractivity contribution is -0.0888. The van der Waals surface area contributed by atoms with Crippen molar-refractivity contribution in [2.24, 2.45) is 35.0 Å². The average Bonchev–Trinajstić information content (AvgIpc) is 2.89. The van der Waals surface area contributed by atoms with Crippen LogP contribution in [0.2, 0.25) is 18.1 Å². The van der Waals surface area contributed by atoms with Gasteiger partial charge in [0.2, 0.25) is 0 Å². The summed E-state index contributed by atoms with van der Waals surface area (Å²) in [5, 5.41) is 10.4. The van der Waals surface area contributed by atoms with Gasteiger partial charge in [-0.25, -0.2) is 0 Å². The van der Waals surface area contributed by atoms with Crippen molar-refractivity contribution in [3.8, 4) is 0 Å². The van der Waals surface area contributed by atoms with Crippen molar-refractivity contribution < 1.29 is 9.53 Å². The van der Waals surface area contributed by atoms with Gasteiger partial charge in [-0.2, -0.15) is 0 Å². The van der Waals surface area contributed by atoms with E-state index in [1.165, 1.54) is 44.9 Å². The normalized spacial score (nSPS) is 47.9. The molecular formula is C24H44O2Si. The van der Waals surface area contributed by atoms with E-state index < -0.39 is 8.32 Å². The second-order valence-electron chi connectivity index (χ2n) is 12.4. The van der Waals surface area contributed by atoms with Crippen LogP contribution in [0.5, 0.6) is 0 Å². The molecule has 0 bridgehead atoms. The molecule has 4 aliphatic rings. The summed E-state index contributed by atoms with van der Waals surface area (Å²) in [5.74, 6) is 4.50. The molecule has 4 aliphatic carbocycles. The number of aliphatic hydroxyl groups excluding tert-OH is 1. The average molecular weight is 393 g/mol. The summed E-state index contributed by atoms with van der Waals surface area (Å²) in [6.45, 7) is 14.6. The molecule has 0 aromatic carbocycles. The third kappa shape index (κ3) is 3.38. The molecule has 0 heterocycles. The molecule has 0 amide bonds. The first-order valence-electron chi connectivity index (χ1n) is 11.9. The quantitative estimate of drug-likeness (QED) is 0.552. The van der Waals surface area contributed by atoms with Crippen LogP contribution in [0.3, 0.4) is 0 Å². The topological polar surface area (TPSA) is 29.5 Å². The predicted octanol–water partition coefficient (Wildman–Crippen LogP) is 6.39. The van der Waals surface area contributed by atoms with Crippen LogP contribution in [0.1, 0.15) is 85.5 Å². The van der Waals surface area contributed by atoms with E-state index in [9.17, 15) is 5.11 Å². The number of aliphatic hydroxyl groups is 1. The molecule has 4 saturated carbocycles. The monoisotopic (exact) mass is 392 g/mol. The van der Waals surface area contributed by atoms with Crippen molar-refractivity contribution in [1.82, 2.24) is 0 Å². The molecule has 0 unspecified atom stereocenters. The molecule has 4 rings (SSSR count). The lowest BCUT2D eigenvalue weighted by Gasteiger charge is -2.56. The minimum atomic E-state index is -1.70. The van der Waals surface area contributed by atoms with Gasteiger partial charge in [0.15, 0.2) is 8.32 Å². The highest BCUT2D eigenvalue weighted by Crippen LogP contribution is 2.63. The largest absolute Gasteiger partial charge is 0.413 e. The van der Waals surface area contributed by atoms with E-state index in [2.05, 4.69) is 40.8 Å². The Morgan fingerprint density at radius 1 is 0.889 bits per heavy atom. The standard InChI is InChI=1S/C24H44O2Si/c1-23(2,3)27(5,6)26-22-12-11-21-20-9-7-16-15-17(25)8-10-18(16)19(20)13-14-24(21,22)4/h16-22,25H,7-15H2,1-6H3/t16-,17-,18-,19+,20+,21-,22-,24-/m0/s1. The zero-order valence-corrected chi connectivity index (χ0v) is 19.8. The first-order chi connectivity index (χ1) is 12.5. The van der Waals surface area contributed by atoms with Crippen molar-refractivity contribution >= 4 is 8.32 Å². The maximum Gasteiger partial charge on any atom is 0.192 e. The van der Waals surface area contributed by atoms with Gasteiger partial charge in [-0.3, -0.25) is 0 Å². The lowest BCUT2D eigenvalue weighted by atomic mass is 9.50. The highest BCUT2D eigenvalue weighted by Gasteiger charge is 2.58. The van der Waals surface area contributed by atoms with Crippen molar-refractivity contribution in [3.05, 3.63) is 0 Å². The Bertz CT molecular complexity index is 553. The van der Waals surface area contributed by atoms with Gasteiger partial charge in [-0.1, -0.05) is 27.7 Å². The second-order valence-corrected chi connectivity index (χ2v) is 17.1. The van der Waals surface area contributed by atoms with E-state index in [1.54, 1.807) is 0 Å². The summed E-state index contributed by atoms with van der Waals surface area (Å²) < 4.78 is 7.04. The highest BCUT2D eigenvalue weighted by atomic mass is 28.4. The van der Waals surface area contributed by atoms with E-state index in [-0.39, 0.29) is 6.10 Å². The van der Waals surface area contributed by atoms with E-state index in [0.717, 1.165) is 42.4 Å². The summed E-state index contributed by atoms with van der Waals surface area (Å²) in [6, 6.07) is 0. The molecule has 1 N–H and O–H groups in total. The van der Waals surface area contributed by atoms with E-state index in [1.807, 2.05) is 0 Å². The molecule has 0 aliphatic heterocycles. The van der Waals surface area contributed by atoms with Gasteiger partial charge < -0.3 is 9.53 Å². The Morgan fingerprint density at radius 2 is 1.59 bits per heavy atom. The number of hydrogen-bond acceptors (Lipinski definition) is 2. The van der Waals surface area contributed by atoms with E-state index >= 15 is 0 Å². The fourth-order valence-electron chi connectivity index (χ4n) is 7.51. The lowest BCUT2D eigenvalue weighted by Crippen LogP contribution is -2.52. The smallest absolute Gasteiger partial charge is 0.192 e. The fourth-order valence-corrected chi connectivity index (χ4v) is 8.96. The van der Waals surface area contributed by atoms with Crippen LogP contribution in [-0.4, -0.2) is 25.6 Å². The molecule has 8 atom stereocenters. The summed E-state index contributed by atoms with van der Waals surface area (Å²) in [6.07, 6.45) is 12.2. The number of rotatable bonds is 2. The minimum absolute atomic E-state index is 0.00879. The first kappa shape index (κ1) is 20.4. The van der Waals surface area contributed by atoms with E-state index in [4.69, 9.17) is 4.43 Å². The zero-order chi connectivity index (χ0) is 19.6. The Labute approximate surface area is 169 Å². The molecule has 0 aromatic rings. The first-order valence-corrected chi connectivity index (χ1v) is 14.8. The van der Waals surface area contributed by atoms with Crippen LogP contribution in [0.25, 0.3) is 0 Å². The number of fused-ring (bicyclic) bond motifs is 5. The second kappa shape index (κ2) is 6.84. The van der Waals surface area contributed by atoms with Crippen LogP contribution < -0.4 is 0 Å². The predicted molar refractivity (Wildman–Crippen MR) is 115 cm³/mol. The van der Waals surface area contributed by atoms with Gasteiger partial charge in [-0.05, 0) is 111 Å². The van der Waals surface area contributed by atoms with Crippen LogP contribution >= 0.6 is 0 Å². The van der Waals surface area contributed by atoms with Crippen LogP contribution in [0.15, 0.2) is 0 Å². The van der Waals surface area contributed by atoms with Crippen molar-refractivity contribution in [2.75, 3.05) is 0 Å². The summed E-state index contributed by atoms with van der Waals surface area (Å²) >= 11 is 0. The fraction of sp³-hybridized carbons (Fsp3) is 1.00. The summed E-state index contributed by atoms with van der Waals surface area (Å²) in [5.41, 5.74) is 0.414. The van der Waals surface area contributed by atoms with Crippen molar-refractivity contribution in [1.29, 1.82) is 0 Å². The molecule has 0 aromatic heterocycles. The van der Waals surface area contributed by atoms with Gasteiger partial charge in [0, 0.05) is 0 Å². The molecule has 0 spiro atoms. The third-order valence-electron chi connectivity index (χ3n) is 10.1. The zero-order valence-electron chi connectivity index (χ0n) is 18.8. The van der Waals surface area contributed by atoms with Gasteiger partial charge in [0.1, 0.15) is 0 Å². The van der Waals surface area contributed by atoms with Crippen molar-refractivity contribution in [3.63, 3.8) is 0 Å². The van der Waals surface area contributed by atoms with E-state index in [0.29, 0.717) is 16.6 Å². The molecule has 0 radical (unpaired) electrons. The molecule has 0 saturated heterocycles. The van der Waals surface area contributed by atoms with Crippen LogP contribution in [0, 0.1) is 35.0 Å². The number of hydrogen-bond donors (Lipinski definition) is 1. The maximum absolute atomic E-state index is 10.1. The highest BCUT2D eigenvalue weighted by molar-refractivity contribution is 6.74. The Hall–Kier alpha value is 0.137. The summed E-state index contributed by atoms with van der Waals surface area (Å²) in [4.78, 5) is 0. The molecular weight excluding hydrogens is 348 g/mol.